The quantitative estimate of drug-likeness (QED) is 0.679. The van der Waals surface area contributed by atoms with Crippen molar-refractivity contribution in [2.24, 2.45) is 0 Å². The first-order valence-electron chi connectivity index (χ1n) is 9.17. The van der Waals surface area contributed by atoms with Gasteiger partial charge >= 0.3 is 0 Å². The number of ether oxygens (including phenoxy) is 2. The Labute approximate surface area is 168 Å². The SMILES string of the molecule is CCOc1cc2c(cc1N[C@H](C)C(=O)Nc1ccc(C)cc1Br)O[C@@H](C)C2. The second-order valence-corrected chi connectivity index (χ2v) is 7.71. The van der Waals surface area contributed by atoms with Crippen LogP contribution in [0.1, 0.15) is 31.9 Å². The third kappa shape index (κ3) is 4.56. The van der Waals surface area contributed by atoms with Crippen molar-refractivity contribution < 1.29 is 14.3 Å². The van der Waals surface area contributed by atoms with Gasteiger partial charge in [0, 0.05) is 22.5 Å². The lowest BCUT2D eigenvalue weighted by atomic mass is 10.1. The van der Waals surface area contributed by atoms with Crippen molar-refractivity contribution in [3.05, 3.63) is 45.9 Å². The summed E-state index contributed by atoms with van der Waals surface area (Å²) < 4.78 is 12.5. The number of hydrogen-bond donors (Lipinski definition) is 2. The maximum Gasteiger partial charge on any atom is 0.246 e. The van der Waals surface area contributed by atoms with Gasteiger partial charge in [0.25, 0.3) is 0 Å². The molecule has 0 aliphatic carbocycles. The third-order valence-electron chi connectivity index (χ3n) is 4.45. The minimum absolute atomic E-state index is 0.128. The van der Waals surface area contributed by atoms with Gasteiger partial charge < -0.3 is 20.1 Å². The van der Waals surface area contributed by atoms with E-state index in [2.05, 4.69) is 26.6 Å². The first kappa shape index (κ1) is 19.5. The lowest BCUT2D eigenvalue weighted by Crippen LogP contribution is -2.32. The molecule has 144 valence electrons. The first-order valence-corrected chi connectivity index (χ1v) is 9.96. The van der Waals surface area contributed by atoms with Crippen LogP contribution in [0, 0.1) is 6.92 Å². The summed E-state index contributed by atoms with van der Waals surface area (Å²) in [5.74, 6) is 1.46. The number of carbonyl (C=O) groups excluding carboxylic acids is 1. The van der Waals surface area contributed by atoms with Gasteiger partial charge in [-0.25, -0.2) is 0 Å². The Hall–Kier alpha value is -2.21. The summed E-state index contributed by atoms with van der Waals surface area (Å²) in [4.78, 5) is 12.6. The zero-order valence-corrected chi connectivity index (χ0v) is 17.6. The second-order valence-electron chi connectivity index (χ2n) is 6.86. The van der Waals surface area contributed by atoms with E-state index in [0.29, 0.717) is 6.61 Å². The van der Waals surface area contributed by atoms with E-state index in [4.69, 9.17) is 9.47 Å². The Morgan fingerprint density at radius 3 is 2.81 bits per heavy atom. The molecule has 0 unspecified atom stereocenters. The standard InChI is InChI=1S/C21H25BrN2O3/c1-5-26-20-10-15-9-13(3)27-19(15)11-18(20)23-14(4)21(25)24-17-7-6-12(2)8-16(17)22/h6-8,10-11,13-14,23H,5,9H2,1-4H3,(H,24,25)/t13-,14+/m0/s1. The molecule has 3 rings (SSSR count). The van der Waals surface area contributed by atoms with E-state index < -0.39 is 6.04 Å². The van der Waals surface area contributed by atoms with Crippen LogP contribution >= 0.6 is 15.9 Å². The predicted octanol–water partition coefficient (Wildman–Crippen LogP) is 4.92. The van der Waals surface area contributed by atoms with Crippen molar-refractivity contribution in [1.29, 1.82) is 0 Å². The molecule has 0 radical (unpaired) electrons. The number of fused-ring (bicyclic) bond motifs is 1. The van der Waals surface area contributed by atoms with E-state index in [1.54, 1.807) is 0 Å². The number of nitrogens with one attached hydrogen (secondary N) is 2. The maximum atomic E-state index is 12.6. The first-order chi connectivity index (χ1) is 12.9. The molecular formula is C21H25BrN2O3. The number of rotatable bonds is 6. The molecule has 2 atom stereocenters. The molecule has 6 heteroatoms. The van der Waals surface area contributed by atoms with Crippen molar-refractivity contribution in [3.63, 3.8) is 0 Å². The molecule has 1 aliphatic rings. The number of anilines is 2. The van der Waals surface area contributed by atoms with Crippen LogP contribution in [0.15, 0.2) is 34.8 Å². The molecule has 2 N–H and O–H groups in total. The average molecular weight is 433 g/mol. The van der Waals surface area contributed by atoms with Gasteiger partial charge in [0.2, 0.25) is 5.91 Å². The van der Waals surface area contributed by atoms with Gasteiger partial charge in [0.05, 0.1) is 18.0 Å². The number of hydrogen-bond acceptors (Lipinski definition) is 4. The van der Waals surface area contributed by atoms with E-state index >= 15 is 0 Å². The number of halogens is 1. The summed E-state index contributed by atoms with van der Waals surface area (Å²) in [5, 5.41) is 6.21. The molecule has 2 aromatic carbocycles. The van der Waals surface area contributed by atoms with Crippen molar-refractivity contribution in [3.8, 4) is 11.5 Å². The van der Waals surface area contributed by atoms with Crippen LogP contribution in [0.3, 0.4) is 0 Å². The van der Waals surface area contributed by atoms with Gasteiger partial charge in [-0.3, -0.25) is 4.79 Å². The second kappa shape index (κ2) is 8.21. The highest BCUT2D eigenvalue weighted by molar-refractivity contribution is 9.10. The summed E-state index contributed by atoms with van der Waals surface area (Å²) in [7, 11) is 0. The molecule has 1 heterocycles. The largest absolute Gasteiger partial charge is 0.492 e. The average Bonchev–Trinajstić information content (AvgIpc) is 2.96. The summed E-state index contributed by atoms with van der Waals surface area (Å²) >= 11 is 3.49. The van der Waals surface area contributed by atoms with Crippen molar-refractivity contribution >= 4 is 33.2 Å². The maximum absolute atomic E-state index is 12.6. The molecular weight excluding hydrogens is 408 g/mol. The lowest BCUT2D eigenvalue weighted by Gasteiger charge is -2.19. The number of amides is 1. The highest BCUT2D eigenvalue weighted by Gasteiger charge is 2.23. The van der Waals surface area contributed by atoms with Crippen LogP contribution in [0.25, 0.3) is 0 Å². The molecule has 0 spiro atoms. The zero-order valence-electron chi connectivity index (χ0n) is 16.1. The summed E-state index contributed by atoms with van der Waals surface area (Å²) in [5.41, 5.74) is 3.77. The van der Waals surface area contributed by atoms with E-state index in [9.17, 15) is 4.79 Å². The molecule has 0 saturated carbocycles. The van der Waals surface area contributed by atoms with Gasteiger partial charge in [-0.2, -0.15) is 0 Å². The monoisotopic (exact) mass is 432 g/mol. The normalized spacial score (nSPS) is 16.3. The zero-order chi connectivity index (χ0) is 19.6. The smallest absolute Gasteiger partial charge is 0.246 e. The lowest BCUT2D eigenvalue weighted by molar-refractivity contribution is -0.116. The molecule has 1 amide bonds. The van der Waals surface area contributed by atoms with E-state index in [0.717, 1.165) is 44.9 Å². The van der Waals surface area contributed by atoms with Gasteiger partial charge in [-0.15, -0.1) is 0 Å². The molecule has 0 saturated heterocycles. The third-order valence-corrected chi connectivity index (χ3v) is 5.10. The van der Waals surface area contributed by atoms with Crippen LogP contribution in [0.4, 0.5) is 11.4 Å². The minimum atomic E-state index is -0.450. The fourth-order valence-corrected chi connectivity index (χ4v) is 3.68. The van der Waals surface area contributed by atoms with Gasteiger partial charge in [0.1, 0.15) is 23.6 Å². The minimum Gasteiger partial charge on any atom is -0.492 e. The summed E-state index contributed by atoms with van der Waals surface area (Å²) in [6, 6.07) is 9.31. The van der Waals surface area contributed by atoms with Crippen LogP contribution in [-0.4, -0.2) is 24.7 Å². The molecule has 5 nitrogen and oxygen atoms in total. The van der Waals surface area contributed by atoms with Crippen LogP contribution in [0.5, 0.6) is 11.5 Å². The Morgan fingerprint density at radius 2 is 2.11 bits per heavy atom. The van der Waals surface area contributed by atoms with E-state index in [1.165, 1.54) is 0 Å². The highest BCUT2D eigenvalue weighted by Crippen LogP contribution is 2.38. The van der Waals surface area contributed by atoms with Crippen molar-refractivity contribution in [1.82, 2.24) is 0 Å². The van der Waals surface area contributed by atoms with Gasteiger partial charge in [0.15, 0.2) is 0 Å². The Balaban J connectivity index is 1.75. The highest BCUT2D eigenvalue weighted by atomic mass is 79.9. The van der Waals surface area contributed by atoms with Crippen LogP contribution < -0.4 is 20.1 Å². The molecule has 0 aromatic heterocycles. The number of benzene rings is 2. The fraction of sp³-hybridized carbons (Fsp3) is 0.381. The van der Waals surface area contributed by atoms with Gasteiger partial charge in [-0.05, 0) is 67.4 Å². The Morgan fingerprint density at radius 1 is 1.33 bits per heavy atom. The molecule has 0 bridgehead atoms. The summed E-state index contributed by atoms with van der Waals surface area (Å²) in [6.07, 6.45) is 1.03. The van der Waals surface area contributed by atoms with E-state index in [1.807, 2.05) is 58.0 Å². The molecule has 2 aromatic rings. The van der Waals surface area contributed by atoms with E-state index in [-0.39, 0.29) is 12.0 Å². The number of carbonyl (C=O) groups is 1. The Kier molecular flexibility index (Phi) is 5.95. The van der Waals surface area contributed by atoms with Crippen LogP contribution in [0.2, 0.25) is 0 Å². The Bertz CT molecular complexity index is 854. The summed E-state index contributed by atoms with van der Waals surface area (Å²) in [6.45, 7) is 8.38. The molecule has 27 heavy (non-hydrogen) atoms. The molecule has 1 aliphatic heterocycles. The number of aryl methyl sites for hydroxylation is 1. The molecule has 0 fully saturated rings. The van der Waals surface area contributed by atoms with Crippen molar-refractivity contribution in [2.45, 2.75) is 46.3 Å². The predicted molar refractivity (Wildman–Crippen MR) is 112 cm³/mol. The topological polar surface area (TPSA) is 59.6 Å². The van der Waals surface area contributed by atoms with Crippen LogP contribution in [-0.2, 0) is 11.2 Å². The fourth-order valence-electron chi connectivity index (χ4n) is 3.09. The van der Waals surface area contributed by atoms with Gasteiger partial charge in [-0.1, -0.05) is 6.07 Å². The van der Waals surface area contributed by atoms with Crippen molar-refractivity contribution in [2.75, 3.05) is 17.2 Å².